The zero-order valence-electron chi connectivity index (χ0n) is 18.0. The lowest BCUT2D eigenvalue weighted by Crippen LogP contribution is -2.31. The molecule has 1 heterocycles. The molecule has 0 saturated carbocycles. The van der Waals surface area contributed by atoms with Crippen LogP contribution >= 0.6 is 0 Å². The molecule has 0 bridgehead atoms. The van der Waals surface area contributed by atoms with E-state index in [1.165, 1.54) is 4.90 Å². The highest BCUT2D eigenvalue weighted by Crippen LogP contribution is 2.39. The van der Waals surface area contributed by atoms with Crippen molar-refractivity contribution in [2.75, 3.05) is 6.54 Å². The number of benzene rings is 2. The van der Waals surface area contributed by atoms with E-state index in [2.05, 4.69) is 13.8 Å². The van der Waals surface area contributed by atoms with Crippen LogP contribution in [0.1, 0.15) is 60.9 Å². The van der Waals surface area contributed by atoms with E-state index in [1.54, 1.807) is 12.1 Å². The summed E-state index contributed by atoms with van der Waals surface area (Å²) in [5.41, 5.74) is 3.31. The van der Waals surface area contributed by atoms with Gasteiger partial charge in [0.1, 0.15) is 5.76 Å². The number of Topliss-reactive ketones (excluding diaryl/α,β-unsaturated/α-hetero) is 1. The van der Waals surface area contributed by atoms with Gasteiger partial charge in [0.2, 0.25) is 0 Å². The van der Waals surface area contributed by atoms with Gasteiger partial charge in [0, 0.05) is 18.5 Å². The first-order chi connectivity index (χ1) is 14.7. The molecule has 2 aromatic carbocycles. The molecule has 1 unspecified atom stereocenters. The Hall–Kier alpha value is -3.41. The molecular weight excluding hydrogens is 394 g/mol. The van der Waals surface area contributed by atoms with Crippen LogP contribution in [0.25, 0.3) is 5.76 Å². The predicted octanol–water partition coefficient (Wildman–Crippen LogP) is 4.40. The highest BCUT2D eigenvalue weighted by Gasteiger charge is 2.45. The second-order valence-corrected chi connectivity index (χ2v) is 8.18. The Morgan fingerprint density at radius 3 is 2.16 bits per heavy atom. The van der Waals surface area contributed by atoms with Gasteiger partial charge in [-0.3, -0.25) is 14.4 Å². The van der Waals surface area contributed by atoms with Crippen LogP contribution in [-0.2, 0) is 14.4 Å². The van der Waals surface area contributed by atoms with Gasteiger partial charge in [0.25, 0.3) is 11.7 Å². The number of hydrogen-bond donors (Lipinski definition) is 2. The van der Waals surface area contributed by atoms with Crippen molar-refractivity contribution in [1.29, 1.82) is 0 Å². The summed E-state index contributed by atoms with van der Waals surface area (Å²) in [5, 5.41) is 20.0. The van der Waals surface area contributed by atoms with E-state index in [1.807, 2.05) is 43.3 Å². The van der Waals surface area contributed by atoms with Gasteiger partial charge in [-0.2, -0.15) is 0 Å². The van der Waals surface area contributed by atoms with Crippen LogP contribution < -0.4 is 0 Å². The van der Waals surface area contributed by atoms with Crippen LogP contribution in [0.3, 0.4) is 0 Å². The minimum atomic E-state index is -0.964. The summed E-state index contributed by atoms with van der Waals surface area (Å²) in [6, 6.07) is 13.9. The number of aliphatic hydroxyl groups excluding tert-OH is 1. The average Bonchev–Trinajstić information content (AvgIpc) is 2.98. The van der Waals surface area contributed by atoms with Crippen molar-refractivity contribution in [3.05, 3.63) is 76.4 Å². The first-order valence-corrected chi connectivity index (χ1v) is 10.4. The van der Waals surface area contributed by atoms with E-state index in [4.69, 9.17) is 5.11 Å². The number of carboxylic acid groups (broad SMARTS) is 1. The third-order valence-corrected chi connectivity index (χ3v) is 5.57. The number of likely N-dealkylation sites (tertiary alicyclic amines) is 1. The molecule has 0 spiro atoms. The average molecular weight is 421 g/mol. The highest BCUT2D eigenvalue weighted by molar-refractivity contribution is 6.46. The van der Waals surface area contributed by atoms with Crippen LogP contribution in [0, 0.1) is 6.92 Å². The molecule has 31 heavy (non-hydrogen) atoms. The van der Waals surface area contributed by atoms with Gasteiger partial charge in [0.05, 0.1) is 11.6 Å². The van der Waals surface area contributed by atoms with Crippen molar-refractivity contribution in [1.82, 2.24) is 4.90 Å². The summed E-state index contributed by atoms with van der Waals surface area (Å²) < 4.78 is 0. The summed E-state index contributed by atoms with van der Waals surface area (Å²) in [5.74, 6) is -2.35. The Morgan fingerprint density at radius 2 is 1.61 bits per heavy atom. The van der Waals surface area contributed by atoms with Gasteiger partial charge in [-0.25, -0.2) is 0 Å². The van der Waals surface area contributed by atoms with Gasteiger partial charge in [0.15, 0.2) is 0 Å². The van der Waals surface area contributed by atoms with Gasteiger partial charge < -0.3 is 15.1 Å². The van der Waals surface area contributed by atoms with Crippen molar-refractivity contribution in [3.63, 3.8) is 0 Å². The monoisotopic (exact) mass is 421 g/mol. The number of rotatable bonds is 7. The molecule has 2 aromatic rings. The minimum Gasteiger partial charge on any atom is -0.507 e. The molecule has 3 rings (SSSR count). The number of aryl methyl sites for hydroxylation is 1. The number of carbonyl (C=O) groups is 3. The van der Waals surface area contributed by atoms with Crippen molar-refractivity contribution in [2.24, 2.45) is 0 Å². The maximum atomic E-state index is 12.9. The summed E-state index contributed by atoms with van der Waals surface area (Å²) in [6.07, 6.45) is 0.105. The van der Waals surface area contributed by atoms with E-state index in [-0.39, 0.29) is 30.7 Å². The van der Waals surface area contributed by atoms with Crippen LogP contribution in [0.15, 0.2) is 54.1 Å². The Morgan fingerprint density at radius 1 is 1.00 bits per heavy atom. The van der Waals surface area contributed by atoms with Crippen molar-refractivity contribution >= 4 is 23.4 Å². The molecule has 2 N–H and O–H groups in total. The number of carbonyl (C=O) groups excluding carboxylic acids is 2. The molecule has 1 saturated heterocycles. The second kappa shape index (κ2) is 9.16. The third kappa shape index (κ3) is 4.68. The number of hydrogen-bond acceptors (Lipinski definition) is 4. The Balaban J connectivity index is 2.09. The molecule has 1 aliphatic rings. The normalized spacial score (nSPS) is 18.1. The van der Waals surface area contributed by atoms with Crippen LogP contribution in [0.5, 0.6) is 0 Å². The first kappa shape index (κ1) is 22.3. The first-order valence-electron chi connectivity index (χ1n) is 10.4. The van der Waals surface area contributed by atoms with Crippen molar-refractivity contribution in [2.45, 2.75) is 45.6 Å². The second-order valence-electron chi connectivity index (χ2n) is 8.18. The predicted molar refractivity (Wildman–Crippen MR) is 118 cm³/mol. The lowest BCUT2D eigenvalue weighted by molar-refractivity contribution is -0.140. The smallest absolute Gasteiger partial charge is 0.303 e. The van der Waals surface area contributed by atoms with Gasteiger partial charge in [-0.1, -0.05) is 67.9 Å². The SMILES string of the molecule is Cc1ccc(/C(O)=C2/C(=O)C(=O)N(CCCC(=O)O)C2c2ccc(C(C)C)cc2)cc1. The highest BCUT2D eigenvalue weighted by atomic mass is 16.4. The van der Waals surface area contributed by atoms with Crippen LogP contribution in [0.4, 0.5) is 0 Å². The summed E-state index contributed by atoms with van der Waals surface area (Å²) in [4.78, 5) is 38.1. The Labute approximate surface area is 181 Å². The van der Waals surface area contributed by atoms with Crippen LogP contribution in [0.2, 0.25) is 0 Å². The van der Waals surface area contributed by atoms with Crippen molar-refractivity contribution < 1.29 is 24.6 Å². The number of ketones is 1. The van der Waals surface area contributed by atoms with Gasteiger partial charge >= 0.3 is 5.97 Å². The third-order valence-electron chi connectivity index (χ3n) is 5.57. The molecule has 1 amide bonds. The summed E-state index contributed by atoms with van der Waals surface area (Å²) >= 11 is 0. The molecule has 1 aliphatic heterocycles. The zero-order chi connectivity index (χ0) is 22.7. The number of nitrogens with zero attached hydrogens (tertiary/aromatic N) is 1. The van der Waals surface area contributed by atoms with E-state index < -0.39 is 23.7 Å². The number of carboxylic acids is 1. The fraction of sp³-hybridized carbons (Fsp3) is 0.320. The quantitative estimate of drug-likeness (QED) is 0.392. The van der Waals surface area contributed by atoms with Crippen molar-refractivity contribution in [3.8, 4) is 0 Å². The van der Waals surface area contributed by atoms with Crippen LogP contribution in [-0.4, -0.2) is 39.3 Å². The molecular formula is C25H27NO5. The fourth-order valence-corrected chi connectivity index (χ4v) is 3.79. The standard InChI is InChI=1S/C25H27NO5/c1-15(2)17-10-12-18(13-11-17)22-21(23(29)19-8-6-16(3)7-9-19)24(30)25(31)26(22)14-4-5-20(27)28/h6-13,15,22,29H,4-5,14H2,1-3H3,(H,27,28)/b23-21-. The summed E-state index contributed by atoms with van der Waals surface area (Å²) in [7, 11) is 0. The Kier molecular flexibility index (Phi) is 6.59. The molecule has 0 aliphatic carbocycles. The van der Waals surface area contributed by atoms with E-state index in [0.717, 1.165) is 11.1 Å². The maximum Gasteiger partial charge on any atom is 0.303 e. The molecule has 1 fully saturated rings. The van der Waals surface area contributed by atoms with E-state index in [0.29, 0.717) is 17.0 Å². The molecule has 6 heteroatoms. The Bertz CT molecular complexity index is 1020. The summed E-state index contributed by atoms with van der Waals surface area (Å²) in [6.45, 7) is 6.18. The molecule has 162 valence electrons. The lowest BCUT2D eigenvalue weighted by atomic mass is 9.93. The molecule has 1 atom stereocenters. The number of amides is 1. The molecule has 0 aromatic heterocycles. The number of aliphatic hydroxyl groups is 1. The fourth-order valence-electron chi connectivity index (χ4n) is 3.79. The maximum absolute atomic E-state index is 12.9. The van der Waals surface area contributed by atoms with Gasteiger partial charge in [-0.15, -0.1) is 0 Å². The number of aliphatic carboxylic acids is 1. The van der Waals surface area contributed by atoms with E-state index >= 15 is 0 Å². The largest absolute Gasteiger partial charge is 0.507 e. The molecule has 6 nitrogen and oxygen atoms in total. The van der Waals surface area contributed by atoms with Gasteiger partial charge in [-0.05, 0) is 30.4 Å². The lowest BCUT2D eigenvalue weighted by Gasteiger charge is -2.25. The minimum absolute atomic E-state index is 0.0291. The molecule has 0 radical (unpaired) electrons. The zero-order valence-corrected chi connectivity index (χ0v) is 18.0. The van der Waals surface area contributed by atoms with E-state index in [9.17, 15) is 19.5 Å². The topological polar surface area (TPSA) is 94.9 Å².